The molecular formula is C28H40ClNO2. The normalized spacial score (nSPS) is 23.8. The molecule has 0 radical (unpaired) electrons. The Labute approximate surface area is 200 Å². The van der Waals surface area contributed by atoms with Crippen LogP contribution in [0.15, 0.2) is 54.6 Å². The van der Waals surface area contributed by atoms with Gasteiger partial charge in [0.25, 0.3) is 0 Å². The largest absolute Gasteiger partial charge is 0.489 e. The topological polar surface area (TPSA) is 32.7 Å². The second-order valence-electron chi connectivity index (χ2n) is 9.48. The van der Waals surface area contributed by atoms with Crippen LogP contribution in [0.3, 0.4) is 0 Å². The average Bonchev–Trinajstić information content (AvgIpc) is 2.82. The predicted molar refractivity (Wildman–Crippen MR) is 135 cm³/mol. The average molecular weight is 458 g/mol. The molecular weight excluding hydrogens is 418 g/mol. The summed E-state index contributed by atoms with van der Waals surface area (Å²) in [5.74, 6) is 1.07. The van der Waals surface area contributed by atoms with E-state index in [9.17, 15) is 5.11 Å². The van der Waals surface area contributed by atoms with Crippen LogP contribution in [0.25, 0.3) is 0 Å². The molecule has 1 saturated heterocycles. The van der Waals surface area contributed by atoms with Crippen LogP contribution in [0.4, 0.5) is 0 Å². The number of aliphatic hydroxyl groups is 1. The molecule has 2 atom stereocenters. The summed E-state index contributed by atoms with van der Waals surface area (Å²) in [4.78, 5) is 2.59. The number of hydrogen-bond acceptors (Lipinski definition) is 3. The van der Waals surface area contributed by atoms with Gasteiger partial charge in [-0.25, -0.2) is 0 Å². The summed E-state index contributed by atoms with van der Waals surface area (Å²) in [6, 6.07) is 19.3. The van der Waals surface area contributed by atoms with Crippen molar-refractivity contribution in [3.05, 3.63) is 65.7 Å². The molecule has 0 bridgehead atoms. The fraction of sp³-hybridized carbons (Fsp3) is 0.571. The number of rotatable bonds is 5. The minimum absolute atomic E-state index is 0. The summed E-state index contributed by atoms with van der Waals surface area (Å²) < 4.78 is 6.20. The van der Waals surface area contributed by atoms with E-state index in [0.717, 1.165) is 30.8 Å². The summed E-state index contributed by atoms with van der Waals surface area (Å²) in [6.45, 7) is 2.44. The summed E-state index contributed by atoms with van der Waals surface area (Å²) in [7, 11) is 0. The zero-order chi connectivity index (χ0) is 21.3. The van der Waals surface area contributed by atoms with Gasteiger partial charge in [-0.2, -0.15) is 0 Å². The number of benzene rings is 2. The first-order valence-electron chi connectivity index (χ1n) is 12.5. The molecule has 1 heterocycles. The van der Waals surface area contributed by atoms with Gasteiger partial charge in [0.15, 0.2) is 0 Å². The number of para-hydroxylation sites is 1. The highest BCUT2D eigenvalue weighted by Crippen LogP contribution is 2.36. The van der Waals surface area contributed by atoms with Crippen molar-refractivity contribution in [1.29, 1.82) is 0 Å². The lowest BCUT2D eigenvalue weighted by Crippen LogP contribution is -2.47. The Balaban J connectivity index is 0.00000289. The number of piperidine rings is 1. The smallest absolute Gasteiger partial charge is 0.123 e. The van der Waals surface area contributed by atoms with Crippen molar-refractivity contribution in [3.8, 4) is 5.75 Å². The highest BCUT2D eigenvalue weighted by atomic mass is 35.5. The maximum atomic E-state index is 11.2. The molecule has 4 rings (SSSR count). The molecule has 32 heavy (non-hydrogen) atoms. The van der Waals surface area contributed by atoms with Crippen molar-refractivity contribution in [2.45, 2.75) is 88.9 Å². The van der Waals surface area contributed by atoms with Crippen LogP contribution >= 0.6 is 12.4 Å². The first-order valence-corrected chi connectivity index (χ1v) is 12.5. The molecule has 176 valence electrons. The maximum absolute atomic E-state index is 11.2. The number of halogens is 1. The monoisotopic (exact) mass is 457 g/mol. The first kappa shape index (κ1) is 25.1. The molecule has 3 nitrogen and oxygen atoms in total. The van der Waals surface area contributed by atoms with E-state index >= 15 is 0 Å². The Morgan fingerprint density at radius 2 is 1.41 bits per heavy atom. The molecule has 2 fully saturated rings. The van der Waals surface area contributed by atoms with E-state index < -0.39 is 0 Å². The Morgan fingerprint density at radius 1 is 0.781 bits per heavy atom. The number of nitrogens with zero attached hydrogens (tertiary/aromatic N) is 1. The SMILES string of the molecule is Cl.OC1CN(C2CCCCCCCCC2)CCC1c1ccccc1OCc1ccccc1. The molecule has 2 unspecified atom stereocenters. The molecule has 4 heteroatoms. The van der Waals surface area contributed by atoms with Crippen LogP contribution in [0, 0.1) is 0 Å². The van der Waals surface area contributed by atoms with Crippen LogP contribution in [0.5, 0.6) is 5.75 Å². The Kier molecular flexibility index (Phi) is 10.4. The molecule has 1 aliphatic heterocycles. The van der Waals surface area contributed by atoms with Gasteiger partial charge in [-0.3, -0.25) is 4.90 Å². The van der Waals surface area contributed by atoms with Gasteiger partial charge in [0.2, 0.25) is 0 Å². The van der Waals surface area contributed by atoms with Crippen molar-refractivity contribution >= 4 is 12.4 Å². The number of ether oxygens (including phenoxy) is 1. The van der Waals surface area contributed by atoms with Crippen LogP contribution in [0.1, 0.15) is 81.3 Å². The Bertz CT molecular complexity index is 774. The lowest BCUT2D eigenvalue weighted by molar-refractivity contribution is 0.0232. The minimum Gasteiger partial charge on any atom is -0.489 e. The van der Waals surface area contributed by atoms with Crippen LogP contribution in [0.2, 0.25) is 0 Å². The highest BCUT2D eigenvalue weighted by Gasteiger charge is 2.33. The fourth-order valence-corrected chi connectivity index (χ4v) is 5.46. The predicted octanol–water partition coefficient (Wildman–Crippen LogP) is 6.73. The number of β-amino-alcohol motifs (C(OH)–C–C–N with tert-alkyl or cyclic N) is 1. The molecule has 1 N–H and O–H groups in total. The molecule has 2 aliphatic rings. The van der Waals surface area contributed by atoms with Crippen LogP contribution in [-0.4, -0.2) is 35.2 Å². The van der Waals surface area contributed by atoms with Gasteiger partial charge in [-0.05, 0) is 43.0 Å². The highest BCUT2D eigenvalue weighted by molar-refractivity contribution is 5.85. The minimum atomic E-state index is -0.328. The number of aliphatic hydroxyl groups excluding tert-OH is 1. The third-order valence-corrected chi connectivity index (χ3v) is 7.26. The van der Waals surface area contributed by atoms with E-state index in [1.807, 2.05) is 24.3 Å². The number of hydrogen-bond donors (Lipinski definition) is 1. The fourth-order valence-electron chi connectivity index (χ4n) is 5.46. The van der Waals surface area contributed by atoms with E-state index in [-0.39, 0.29) is 24.4 Å². The molecule has 1 saturated carbocycles. The third-order valence-electron chi connectivity index (χ3n) is 7.26. The van der Waals surface area contributed by atoms with Gasteiger partial charge < -0.3 is 9.84 Å². The third kappa shape index (κ3) is 6.97. The first-order chi connectivity index (χ1) is 15.3. The van der Waals surface area contributed by atoms with Crippen LogP contribution < -0.4 is 4.74 Å². The Morgan fingerprint density at radius 3 is 2.09 bits per heavy atom. The quantitative estimate of drug-likeness (QED) is 0.540. The van der Waals surface area contributed by atoms with Crippen molar-refractivity contribution in [2.75, 3.05) is 13.1 Å². The van der Waals surface area contributed by atoms with Gasteiger partial charge in [-0.15, -0.1) is 12.4 Å². The number of likely N-dealkylation sites (tertiary alicyclic amines) is 1. The summed E-state index contributed by atoms with van der Waals surface area (Å²) >= 11 is 0. The van der Waals surface area contributed by atoms with Crippen molar-refractivity contribution < 1.29 is 9.84 Å². The summed E-state index contributed by atoms with van der Waals surface area (Å²) in [5.41, 5.74) is 2.33. The van der Waals surface area contributed by atoms with Crippen LogP contribution in [-0.2, 0) is 6.61 Å². The standard InChI is InChI=1S/C28H39NO2.ClH/c30-27-21-29(24-15-9-4-2-1-3-5-10-16-24)20-19-25(27)26-17-11-12-18-28(26)31-22-23-13-7-6-8-14-23;/h6-8,11-14,17-18,24-25,27,30H,1-5,9-10,15-16,19-22H2;1H. The van der Waals surface area contributed by atoms with Gasteiger partial charge in [-0.1, -0.05) is 93.5 Å². The molecule has 0 aromatic heterocycles. The van der Waals surface area contributed by atoms with E-state index in [0.29, 0.717) is 12.6 Å². The second-order valence-corrected chi connectivity index (χ2v) is 9.48. The van der Waals surface area contributed by atoms with E-state index in [1.54, 1.807) is 0 Å². The van der Waals surface area contributed by atoms with E-state index in [4.69, 9.17) is 4.74 Å². The Hall–Kier alpha value is -1.55. The van der Waals surface area contributed by atoms with Gasteiger partial charge in [0.05, 0.1) is 6.10 Å². The van der Waals surface area contributed by atoms with Crippen molar-refractivity contribution in [1.82, 2.24) is 4.90 Å². The van der Waals surface area contributed by atoms with E-state index in [1.165, 1.54) is 63.4 Å². The van der Waals surface area contributed by atoms with Gasteiger partial charge in [0, 0.05) is 18.5 Å². The maximum Gasteiger partial charge on any atom is 0.123 e. The molecule has 0 amide bonds. The van der Waals surface area contributed by atoms with Gasteiger partial charge >= 0.3 is 0 Å². The summed E-state index contributed by atoms with van der Waals surface area (Å²) in [5, 5.41) is 11.2. The molecule has 2 aromatic rings. The lowest BCUT2D eigenvalue weighted by Gasteiger charge is -2.41. The van der Waals surface area contributed by atoms with Gasteiger partial charge in [0.1, 0.15) is 12.4 Å². The lowest BCUT2D eigenvalue weighted by atomic mass is 9.85. The van der Waals surface area contributed by atoms with Crippen molar-refractivity contribution in [2.24, 2.45) is 0 Å². The van der Waals surface area contributed by atoms with Crippen molar-refractivity contribution in [3.63, 3.8) is 0 Å². The molecule has 2 aromatic carbocycles. The molecule has 1 aliphatic carbocycles. The summed E-state index contributed by atoms with van der Waals surface area (Å²) in [6.07, 6.45) is 12.9. The van der Waals surface area contributed by atoms with E-state index in [2.05, 4.69) is 35.2 Å². The zero-order valence-corrected chi connectivity index (χ0v) is 20.1. The molecule has 0 spiro atoms. The zero-order valence-electron chi connectivity index (χ0n) is 19.3. The second kappa shape index (κ2) is 13.2.